The lowest BCUT2D eigenvalue weighted by Crippen LogP contribution is -2.46. The van der Waals surface area contributed by atoms with E-state index in [0.717, 1.165) is 11.1 Å². The molecule has 2 aromatic rings. The van der Waals surface area contributed by atoms with Gasteiger partial charge >= 0.3 is 17.9 Å². The van der Waals surface area contributed by atoms with Crippen molar-refractivity contribution in [2.75, 3.05) is 39.5 Å². The average Bonchev–Trinajstić information content (AvgIpc) is 2.90. The Morgan fingerprint density at radius 3 is 1.90 bits per heavy atom. The minimum Gasteiger partial charge on any atom is -0.481 e. The molecule has 212 valence electrons. The van der Waals surface area contributed by atoms with Gasteiger partial charge in [-0.25, -0.2) is 4.79 Å². The predicted molar refractivity (Wildman–Crippen MR) is 145 cm³/mol. The van der Waals surface area contributed by atoms with Crippen LogP contribution in [0.4, 0.5) is 0 Å². The van der Waals surface area contributed by atoms with E-state index in [9.17, 15) is 24.6 Å². The van der Waals surface area contributed by atoms with Gasteiger partial charge in [0.2, 0.25) is 0 Å². The number of carboxylic acids is 2. The van der Waals surface area contributed by atoms with Crippen molar-refractivity contribution < 1.29 is 43.9 Å². The second-order valence-corrected chi connectivity index (χ2v) is 8.73. The molecule has 2 atom stereocenters. The molecule has 0 aromatic heterocycles. The number of aliphatic carboxylic acids is 2. The molecule has 0 saturated heterocycles. The highest BCUT2D eigenvalue weighted by Crippen LogP contribution is 2.28. The summed E-state index contributed by atoms with van der Waals surface area (Å²) in [7, 11) is 0. The third-order valence-corrected chi connectivity index (χ3v) is 5.80. The van der Waals surface area contributed by atoms with Gasteiger partial charge in [0.05, 0.1) is 26.1 Å². The monoisotopic (exact) mass is 543 g/mol. The topological polar surface area (TPSA) is 143 Å². The molecular weight excluding hydrogens is 506 g/mol. The molecule has 2 aromatic carbocycles. The molecule has 39 heavy (non-hydrogen) atoms. The Kier molecular flexibility index (Phi) is 13.3. The van der Waals surface area contributed by atoms with Crippen LogP contribution >= 0.6 is 0 Å². The van der Waals surface area contributed by atoms with Crippen molar-refractivity contribution in [1.29, 1.82) is 0 Å². The van der Waals surface area contributed by atoms with Crippen LogP contribution in [-0.2, 0) is 28.6 Å². The van der Waals surface area contributed by atoms with E-state index in [1.165, 1.54) is 0 Å². The lowest BCUT2D eigenvalue weighted by Gasteiger charge is -2.34. The molecule has 3 N–H and O–H groups in total. The van der Waals surface area contributed by atoms with Gasteiger partial charge in [0, 0.05) is 31.9 Å². The van der Waals surface area contributed by atoms with Crippen LogP contribution in [0.15, 0.2) is 60.7 Å². The van der Waals surface area contributed by atoms with Gasteiger partial charge in [0.25, 0.3) is 0 Å². The van der Waals surface area contributed by atoms with Gasteiger partial charge in [0.15, 0.2) is 11.8 Å². The lowest BCUT2D eigenvalue weighted by atomic mass is 9.95. The number of carbonyl (C=O) groups is 3. The Morgan fingerprint density at radius 2 is 1.41 bits per heavy atom. The van der Waals surface area contributed by atoms with Gasteiger partial charge in [-0.1, -0.05) is 60.7 Å². The summed E-state index contributed by atoms with van der Waals surface area (Å²) in [5.41, 5.74) is -0.651. The second-order valence-electron chi connectivity index (χ2n) is 8.73. The van der Waals surface area contributed by atoms with Crippen molar-refractivity contribution in [3.05, 3.63) is 71.8 Å². The zero-order valence-corrected chi connectivity index (χ0v) is 22.3. The highest BCUT2D eigenvalue weighted by atomic mass is 16.6. The minimum atomic E-state index is -2.83. The largest absolute Gasteiger partial charge is 0.481 e. The van der Waals surface area contributed by atoms with E-state index in [1.54, 1.807) is 0 Å². The zero-order valence-electron chi connectivity index (χ0n) is 22.3. The van der Waals surface area contributed by atoms with E-state index in [2.05, 4.69) is 0 Å². The Balaban J connectivity index is 2.57. The fourth-order valence-corrected chi connectivity index (χ4v) is 3.86. The fraction of sp³-hybridized carbons (Fsp3) is 0.414. The van der Waals surface area contributed by atoms with E-state index in [0.29, 0.717) is 45.1 Å². The third kappa shape index (κ3) is 10.6. The molecule has 10 heteroatoms. The van der Waals surface area contributed by atoms with E-state index in [1.807, 2.05) is 85.5 Å². The first-order valence-corrected chi connectivity index (χ1v) is 12.8. The molecule has 0 bridgehead atoms. The first kappa shape index (κ1) is 31.6. The average molecular weight is 544 g/mol. The third-order valence-electron chi connectivity index (χ3n) is 5.80. The van der Waals surface area contributed by atoms with Crippen LogP contribution in [0.1, 0.15) is 37.8 Å². The number of benzene rings is 2. The van der Waals surface area contributed by atoms with Crippen molar-refractivity contribution in [2.24, 2.45) is 0 Å². The number of hydrogen-bond donors (Lipinski definition) is 3. The van der Waals surface area contributed by atoms with Crippen molar-refractivity contribution in [2.45, 2.75) is 38.5 Å². The summed E-state index contributed by atoms with van der Waals surface area (Å²) >= 11 is 0. The SMILES string of the molecule is CCOCCN(CCOCC)C(OC(=O)CC(O)(CC(=O)O)C(=O)O)C(=Cc1ccccc1)c1ccccc1. The zero-order chi connectivity index (χ0) is 28.7. The molecule has 0 heterocycles. The van der Waals surface area contributed by atoms with Crippen molar-refractivity contribution >= 4 is 29.6 Å². The number of nitrogens with zero attached hydrogens (tertiary/aromatic N) is 1. The van der Waals surface area contributed by atoms with Crippen LogP contribution in [0.25, 0.3) is 11.6 Å². The summed E-state index contributed by atoms with van der Waals surface area (Å²) in [6, 6.07) is 18.7. The van der Waals surface area contributed by atoms with Gasteiger partial charge in [-0.3, -0.25) is 14.5 Å². The molecule has 0 amide bonds. The van der Waals surface area contributed by atoms with Gasteiger partial charge in [-0.15, -0.1) is 0 Å². The number of rotatable bonds is 18. The van der Waals surface area contributed by atoms with Gasteiger partial charge in [-0.05, 0) is 31.1 Å². The van der Waals surface area contributed by atoms with Crippen molar-refractivity contribution in [3.63, 3.8) is 0 Å². The smallest absolute Gasteiger partial charge is 0.336 e. The standard InChI is InChI=1S/C29H37NO9/c1-3-37-17-15-30(16-18-38-4-2)27(39-26(33)21-29(36,28(34)35)20-25(31)32)24(23-13-9-6-10-14-23)19-22-11-7-5-8-12-22/h5-14,19,27,36H,3-4,15-18,20-21H2,1-2H3,(H,31,32)(H,34,35). The van der Waals surface area contributed by atoms with E-state index in [-0.39, 0.29) is 0 Å². The Hall–Kier alpha value is -3.57. The maximum Gasteiger partial charge on any atom is 0.336 e. The number of hydrogen-bond acceptors (Lipinski definition) is 8. The summed E-state index contributed by atoms with van der Waals surface area (Å²) in [5, 5.41) is 29.0. The summed E-state index contributed by atoms with van der Waals surface area (Å²) < 4.78 is 17.0. The molecule has 0 fully saturated rings. The van der Waals surface area contributed by atoms with Crippen LogP contribution in [0.3, 0.4) is 0 Å². The minimum absolute atomic E-state index is 0.322. The number of carbonyl (C=O) groups excluding carboxylic acids is 1. The molecule has 2 rings (SSSR count). The molecule has 0 radical (unpaired) electrons. The fourth-order valence-electron chi connectivity index (χ4n) is 3.86. The maximum atomic E-state index is 13.2. The van der Waals surface area contributed by atoms with Crippen LogP contribution in [0, 0.1) is 0 Å². The van der Waals surface area contributed by atoms with E-state index < -0.39 is 42.6 Å². The van der Waals surface area contributed by atoms with Crippen molar-refractivity contribution in [1.82, 2.24) is 4.90 Å². The van der Waals surface area contributed by atoms with Gasteiger partial charge in [0.1, 0.15) is 0 Å². The molecule has 0 aliphatic heterocycles. The van der Waals surface area contributed by atoms with Gasteiger partial charge < -0.3 is 29.5 Å². The first-order valence-electron chi connectivity index (χ1n) is 12.8. The molecule has 0 spiro atoms. The van der Waals surface area contributed by atoms with Gasteiger partial charge in [-0.2, -0.15) is 0 Å². The number of aliphatic hydroxyl groups is 1. The van der Waals surface area contributed by atoms with E-state index in [4.69, 9.17) is 19.3 Å². The van der Waals surface area contributed by atoms with Crippen LogP contribution < -0.4 is 0 Å². The predicted octanol–water partition coefficient (Wildman–Crippen LogP) is 3.15. The molecule has 0 saturated carbocycles. The molecule has 2 unspecified atom stereocenters. The number of carboxylic acid groups (broad SMARTS) is 2. The lowest BCUT2D eigenvalue weighted by molar-refractivity contribution is -0.175. The van der Waals surface area contributed by atoms with Crippen LogP contribution in [0.2, 0.25) is 0 Å². The summed E-state index contributed by atoms with van der Waals surface area (Å²) in [4.78, 5) is 37.9. The maximum absolute atomic E-state index is 13.2. The normalized spacial score (nSPS) is 14.0. The van der Waals surface area contributed by atoms with Crippen LogP contribution in [-0.4, -0.2) is 89.5 Å². The number of ether oxygens (including phenoxy) is 3. The first-order chi connectivity index (χ1) is 18.7. The number of esters is 1. The van der Waals surface area contributed by atoms with Crippen molar-refractivity contribution in [3.8, 4) is 0 Å². The molecule has 0 aliphatic carbocycles. The Bertz CT molecular complexity index is 1060. The highest BCUT2D eigenvalue weighted by Gasteiger charge is 2.42. The van der Waals surface area contributed by atoms with Crippen LogP contribution in [0.5, 0.6) is 0 Å². The summed E-state index contributed by atoms with van der Waals surface area (Å²) in [6.45, 7) is 6.02. The quantitative estimate of drug-likeness (QED) is 0.111. The Labute approximate surface area is 228 Å². The second kappa shape index (κ2) is 16.4. The molecule has 10 nitrogen and oxygen atoms in total. The van der Waals surface area contributed by atoms with E-state index >= 15 is 0 Å². The summed E-state index contributed by atoms with van der Waals surface area (Å²) in [5.74, 6) is -4.46. The highest BCUT2D eigenvalue weighted by molar-refractivity contribution is 5.90. The Morgan fingerprint density at radius 1 is 0.872 bits per heavy atom. The summed E-state index contributed by atoms with van der Waals surface area (Å²) in [6.07, 6.45) is -1.39. The molecular formula is C29H37NO9. The molecule has 0 aliphatic rings.